The van der Waals surface area contributed by atoms with Crippen LogP contribution in [0.3, 0.4) is 0 Å². The van der Waals surface area contributed by atoms with Crippen molar-refractivity contribution in [3.05, 3.63) is 96.7 Å². The number of rotatable bonds is 10. The second kappa shape index (κ2) is 11.1. The van der Waals surface area contributed by atoms with Crippen LogP contribution in [0.25, 0.3) is 17.3 Å². The van der Waals surface area contributed by atoms with Crippen LogP contribution >= 0.6 is 0 Å². The summed E-state index contributed by atoms with van der Waals surface area (Å²) in [7, 11) is -3.50. The third-order valence-electron chi connectivity index (χ3n) is 5.46. The number of hydrogen-bond donors (Lipinski definition) is 1. The van der Waals surface area contributed by atoms with E-state index >= 15 is 0 Å². The van der Waals surface area contributed by atoms with Crippen LogP contribution in [0.4, 0.5) is 4.39 Å². The SMILES string of the molecule is C=CCC(NC(=O)/C(=C/C)c1cnn(-c2ccc(F)cc2)c1C=C)c1ccnc(S(=O)(=O)CC)c1. The summed E-state index contributed by atoms with van der Waals surface area (Å²) in [5.41, 5.74) is 2.69. The Morgan fingerprint density at radius 3 is 2.54 bits per heavy atom. The molecule has 0 aliphatic rings. The minimum Gasteiger partial charge on any atom is -0.345 e. The number of halogens is 1. The second-order valence-electron chi connectivity index (χ2n) is 7.62. The summed E-state index contributed by atoms with van der Waals surface area (Å²) in [5.74, 6) is -0.820. The number of allylic oxidation sites excluding steroid dienone is 1. The fraction of sp³-hybridized carbons (Fsp3) is 0.192. The standard InChI is InChI=1S/C26H27FN4O3S/c1-5-9-23(18-14-15-28-25(16-18)35(33,34)8-4)30-26(32)21(6-2)22-17-29-31(24(22)7-3)20-12-10-19(27)11-13-20/h5-7,10-17,23H,1,3,8-9H2,2,4H3,(H,30,32)/b21-6+. The highest BCUT2D eigenvalue weighted by atomic mass is 32.2. The smallest absolute Gasteiger partial charge is 0.252 e. The number of carbonyl (C=O) groups is 1. The van der Waals surface area contributed by atoms with Crippen LogP contribution in [0.2, 0.25) is 0 Å². The van der Waals surface area contributed by atoms with Crippen molar-refractivity contribution in [2.45, 2.75) is 31.3 Å². The normalized spacial score (nSPS) is 12.7. The summed E-state index contributed by atoms with van der Waals surface area (Å²) in [6.07, 6.45) is 8.24. The van der Waals surface area contributed by atoms with E-state index in [0.29, 0.717) is 34.5 Å². The van der Waals surface area contributed by atoms with Gasteiger partial charge in [0.25, 0.3) is 5.91 Å². The summed E-state index contributed by atoms with van der Waals surface area (Å²) in [4.78, 5) is 17.3. The molecule has 1 N–H and O–H groups in total. The van der Waals surface area contributed by atoms with Gasteiger partial charge in [-0.05, 0) is 61.4 Å². The summed E-state index contributed by atoms with van der Waals surface area (Å²) in [6.45, 7) is 10.9. The zero-order valence-corrected chi connectivity index (χ0v) is 20.4. The topological polar surface area (TPSA) is 93.9 Å². The molecule has 1 amide bonds. The van der Waals surface area contributed by atoms with E-state index in [1.165, 1.54) is 24.4 Å². The Kier molecular flexibility index (Phi) is 8.14. The summed E-state index contributed by atoms with van der Waals surface area (Å²) < 4.78 is 39.5. The Labute approximate surface area is 204 Å². The zero-order chi connectivity index (χ0) is 25.6. The predicted octanol–water partition coefficient (Wildman–Crippen LogP) is 4.68. The molecule has 3 rings (SSSR count). The van der Waals surface area contributed by atoms with Crippen LogP contribution in [-0.4, -0.2) is 34.8 Å². The summed E-state index contributed by atoms with van der Waals surface area (Å²) in [5, 5.41) is 7.30. The van der Waals surface area contributed by atoms with Crippen LogP contribution in [0.1, 0.15) is 43.1 Å². The lowest BCUT2D eigenvalue weighted by Crippen LogP contribution is -2.29. The van der Waals surface area contributed by atoms with Gasteiger partial charge in [0, 0.05) is 17.3 Å². The van der Waals surface area contributed by atoms with Crippen molar-refractivity contribution >= 4 is 27.4 Å². The van der Waals surface area contributed by atoms with Crippen LogP contribution in [0.15, 0.2) is 79.1 Å². The first kappa shape index (κ1) is 25.8. The molecule has 0 aliphatic heterocycles. The molecule has 3 aromatic rings. The van der Waals surface area contributed by atoms with Crippen LogP contribution < -0.4 is 5.32 Å². The molecule has 1 unspecified atom stereocenters. The van der Waals surface area contributed by atoms with E-state index < -0.39 is 15.9 Å². The fourth-order valence-corrected chi connectivity index (χ4v) is 4.43. The Balaban J connectivity index is 1.94. The lowest BCUT2D eigenvalue weighted by atomic mass is 10.0. The zero-order valence-electron chi connectivity index (χ0n) is 19.6. The van der Waals surface area contributed by atoms with Crippen molar-refractivity contribution in [2.75, 3.05) is 5.75 Å². The average Bonchev–Trinajstić information content (AvgIpc) is 3.28. The van der Waals surface area contributed by atoms with Gasteiger partial charge in [-0.1, -0.05) is 25.7 Å². The van der Waals surface area contributed by atoms with Gasteiger partial charge in [-0.25, -0.2) is 22.5 Å². The van der Waals surface area contributed by atoms with Crippen molar-refractivity contribution in [1.82, 2.24) is 20.1 Å². The molecule has 0 fully saturated rings. The second-order valence-corrected chi connectivity index (χ2v) is 9.84. The maximum Gasteiger partial charge on any atom is 0.252 e. The monoisotopic (exact) mass is 494 g/mol. The number of nitrogens with one attached hydrogen (secondary N) is 1. The predicted molar refractivity (Wildman–Crippen MR) is 135 cm³/mol. The molecule has 0 radical (unpaired) electrons. The number of hydrogen-bond acceptors (Lipinski definition) is 5. The molecule has 9 heteroatoms. The highest BCUT2D eigenvalue weighted by molar-refractivity contribution is 7.91. The number of carbonyl (C=O) groups excluding carboxylic acids is 1. The van der Waals surface area contributed by atoms with E-state index in [0.717, 1.165) is 0 Å². The highest BCUT2D eigenvalue weighted by Crippen LogP contribution is 2.26. The number of nitrogens with zero attached hydrogens (tertiary/aromatic N) is 3. The molecule has 0 spiro atoms. The maximum atomic E-state index is 13.4. The number of amides is 1. The van der Waals surface area contributed by atoms with Gasteiger partial charge >= 0.3 is 0 Å². The minimum atomic E-state index is -3.50. The number of aromatic nitrogens is 3. The highest BCUT2D eigenvalue weighted by Gasteiger charge is 2.23. The van der Waals surface area contributed by atoms with E-state index in [9.17, 15) is 17.6 Å². The van der Waals surface area contributed by atoms with Gasteiger partial charge in [-0.15, -0.1) is 6.58 Å². The van der Waals surface area contributed by atoms with Gasteiger partial charge in [0.05, 0.1) is 29.4 Å². The third-order valence-corrected chi connectivity index (χ3v) is 7.08. The van der Waals surface area contributed by atoms with Crippen LogP contribution in [0, 0.1) is 5.82 Å². The number of benzene rings is 1. The first-order chi connectivity index (χ1) is 16.7. The van der Waals surface area contributed by atoms with Gasteiger partial charge in [0.2, 0.25) is 0 Å². The first-order valence-corrected chi connectivity index (χ1v) is 12.6. The summed E-state index contributed by atoms with van der Waals surface area (Å²) >= 11 is 0. The first-order valence-electron chi connectivity index (χ1n) is 11.0. The molecule has 1 atom stereocenters. The fourth-order valence-electron chi connectivity index (χ4n) is 3.60. The molecular weight excluding hydrogens is 467 g/mol. The van der Waals surface area contributed by atoms with Crippen LogP contribution in [0.5, 0.6) is 0 Å². The Morgan fingerprint density at radius 2 is 1.94 bits per heavy atom. The van der Waals surface area contributed by atoms with E-state index in [1.807, 2.05) is 0 Å². The van der Waals surface area contributed by atoms with E-state index in [-0.39, 0.29) is 22.5 Å². The van der Waals surface area contributed by atoms with Crippen molar-refractivity contribution in [1.29, 1.82) is 0 Å². The lowest BCUT2D eigenvalue weighted by molar-refractivity contribution is -0.116. The van der Waals surface area contributed by atoms with E-state index in [1.54, 1.807) is 61.2 Å². The van der Waals surface area contributed by atoms with Gasteiger partial charge in [-0.3, -0.25) is 4.79 Å². The molecule has 35 heavy (non-hydrogen) atoms. The molecule has 1 aromatic carbocycles. The van der Waals surface area contributed by atoms with E-state index in [2.05, 4.69) is 28.6 Å². The van der Waals surface area contributed by atoms with Gasteiger partial charge in [-0.2, -0.15) is 5.10 Å². The maximum absolute atomic E-state index is 13.4. The Hall–Kier alpha value is -3.85. The molecule has 7 nitrogen and oxygen atoms in total. The van der Waals surface area contributed by atoms with Gasteiger partial charge in [0.1, 0.15) is 5.82 Å². The van der Waals surface area contributed by atoms with Crippen molar-refractivity contribution in [2.24, 2.45) is 0 Å². The molecule has 182 valence electrons. The number of sulfone groups is 1. The van der Waals surface area contributed by atoms with Crippen LogP contribution in [-0.2, 0) is 14.6 Å². The minimum absolute atomic E-state index is 0.0402. The molecule has 0 saturated carbocycles. The lowest BCUT2D eigenvalue weighted by Gasteiger charge is -2.19. The molecule has 0 saturated heterocycles. The molecule has 2 aromatic heterocycles. The van der Waals surface area contributed by atoms with Crippen molar-refractivity contribution < 1.29 is 17.6 Å². The largest absolute Gasteiger partial charge is 0.345 e. The molecule has 2 heterocycles. The molecular formula is C26H27FN4O3S. The van der Waals surface area contributed by atoms with Crippen molar-refractivity contribution in [3.63, 3.8) is 0 Å². The summed E-state index contributed by atoms with van der Waals surface area (Å²) in [6, 6.07) is 8.44. The number of pyridine rings is 1. The molecule has 0 aliphatic carbocycles. The third kappa shape index (κ3) is 5.63. The van der Waals surface area contributed by atoms with E-state index in [4.69, 9.17) is 0 Å². The molecule has 0 bridgehead atoms. The average molecular weight is 495 g/mol. The van der Waals surface area contributed by atoms with Gasteiger partial charge in [0.15, 0.2) is 14.9 Å². The Bertz CT molecular complexity index is 1380. The Morgan fingerprint density at radius 1 is 1.23 bits per heavy atom. The van der Waals surface area contributed by atoms with Crippen molar-refractivity contribution in [3.8, 4) is 5.69 Å². The quantitative estimate of drug-likeness (QED) is 0.326. The van der Waals surface area contributed by atoms with Gasteiger partial charge < -0.3 is 5.32 Å².